The molecule has 2 aromatic rings. The lowest BCUT2D eigenvalue weighted by Crippen LogP contribution is -2.26. The van der Waals surface area contributed by atoms with Gasteiger partial charge in [-0.2, -0.15) is 15.1 Å². The molecule has 0 radical (unpaired) electrons. The zero-order chi connectivity index (χ0) is 24.8. The molecule has 5 N–H and O–H groups in total. The molecule has 0 saturated carbocycles. The smallest absolute Gasteiger partial charge is 0.338 e. The lowest BCUT2D eigenvalue weighted by molar-refractivity contribution is 0.0526. The molecular formula is C23H35ClN8O2. The lowest BCUT2D eigenvalue weighted by Gasteiger charge is -2.18. The van der Waals surface area contributed by atoms with Gasteiger partial charge in [0.25, 0.3) is 0 Å². The van der Waals surface area contributed by atoms with Gasteiger partial charge in [-0.3, -0.25) is 0 Å². The number of benzene rings is 1. The van der Waals surface area contributed by atoms with E-state index in [9.17, 15) is 4.79 Å². The van der Waals surface area contributed by atoms with Crippen molar-refractivity contribution >= 4 is 46.5 Å². The summed E-state index contributed by atoms with van der Waals surface area (Å²) in [5.41, 5.74) is 13.1. The van der Waals surface area contributed by atoms with Gasteiger partial charge >= 0.3 is 5.97 Å². The number of aromatic nitrogens is 2. The van der Waals surface area contributed by atoms with Crippen molar-refractivity contribution in [2.75, 3.05) is 55.5 Å². The number of ether oxygens (including phenoxy) is 1. The molecule has 1 heterocycles. The summed E-state index contributed by atoms with van der Waals surface area (Å²) in [5.74, 6) is 0.932. The highest BCUT2D eigenvalue weighted by Crippen LogP contribution is 2.31. The summed E-state index contributed by atoms with van der Waals surface area (Å²) in [6.07, 6.45) is 4.35. The van der Waals surface area contributed by atoms with Crippen LogP contribution in [0.3, 0.4) is 0 Å². The third kappa shape index (κ3) is 9.11. The maximum Gasteiger partial charge on any atom is 0.338 e. The van der Waals surface area contributed by atoms with Crippen LogP contribution >= 0.6 is 11.6 Å². The number of nitrogens with two attached hydrogens (primary N) is 2. The Morgan fingerprint density at radius 1 is 1.06 bits per heavy atom. The SMILES string of the molecule is CCOC(=O)c1ccc(N=Nc2c(N)nc(N)nc2NCCCCCCN(CC)CCCl)cc1. The topological polar surface area (TPSA) is 144 Å². The van der Waals surface area contributed by atoms with E-state index >= 15 is 0 Å². The number of rotatable bonds is 15. The van der Waals surface area contributed by atoms with Crippen LogP contribution in [0.25, 0.3) is 0 Å². The Kier molecular flexibility index (Phi) is 12.0. The zero-order valence-electron chi connectivity index (χ0n) is 20.0. The number of hydrogen-bond acceptors (Lipinski definition) is 10. The third-order valence-corrected chi connectivity index (χ3v) is 5.28. The number of unbranched alkanes of at least 4 members (excludes halogenated alkanes) is 3. The molecule has 1 aromatic heterocycles. The Bertz CT molecular complexity index is 924. The molecular weight excluding hydrogens is 456 g/mol. The molecule has 186 valence electrons. The van der Waals surface area contributed by atoms with Crippen molar-refractivity contribution < 1.29 is 9.53 Å². The average Bonchev–Trinajstić information content (AvgIpc) is 2.82. The van der Waals surface area contributed by atoms with E-state index in [-0.39, 0.29) is 17.7 Å². The molecule has 0 aliphatic carbocycles. The van der Waals surface area contributed by atoms with Crippen molar-refractivity contribution in [1.82, 2.24) is 14.9 Å². The highest BCUT2D eigenvalue weighted by molar-refractivity contribution is 6.18. The number of carbonyl (C=O) groups excluding carboxylic acids is 1. The number of nitrogens with zero attached hydrogens (tertiary/aromatic N) is 5. The van der Waals surface area contributed by atoms with Gasteiger partial charge in [-0.1, -0.05) is 19.8 Å². The number of anilines is 3. The first-order valence-electron chi connectivity index (χ1n) is 11.6. The van der Waals surface area contributed by atoms with Crippen LogP contribution in [0.5, 0.6) is 0 Å². The summed E-state index contributed by atoms with van der Waals surface area (Å²) in [7, 11) is 0. The van der Waals surface area contributed by atoms with Gasteiger partial charge < -0.3 is 26.4 Å². The molecule has 10 nitrogen and oxygen atoms in total. The van der Waals surface area contributed by atoms with E-state index in [1.165, 1.54) is 0 Å². The van der Waals surface area contributed by atoms with Gasteiger partial charge in [0, 0.05) is 19.0 Å². The van der Waals surface area contributed by atoms with Crippen molar-refractivity contribution in [2.24, 2.45) is 10.2 Å². The molecule has 0 aliphatic rings. The fourth-order valence-corrected chi connectivity index (χ4v) is 3.51. The lowest BCUT2D eigenvalue weighted by atomic mass is 10.2. The number of alkyl halides is 1. The Morgan fingerprint density at radius 3 is 2.47 bits per heavy atom. The second kappa shape index (κ2) is 15.0. The molecule has 0 bridgehead atoms. The van der Waals surface area contributed by atoms with Gasteiger partial charge in [-0.25, -0.2) is 4.79 Å². The van der Waals surface area contributed by atoms with Gasteiger partial charge in [-0.05, 0) is 57.1 Å². The molecule has 0 unspecified atom stereocenters. The largest absolute Gasteiger partial charge is 0.462 e. The first-order chi connectivity index (χ1) is 16.5. The van der Waals surface area contributed by atoms with Crippen LogP contribution in [0, 0.1) is 0 Å². The highest BCUT2D eigenvalue weighted by Gasteiger charge is 2.11. The Morgan fingerprint density at radius 2 is 1.79 bits per heavy atom. The minimum absolute atomic E-state index is 0.0664. The van der Waals surface area contributed by atoms with Crippen molar-refractivity contribution in [3.63, 3.8) is 0 Å². The molecule has 0 atom stereocenters. The van der Waals surface area contributed by atoms with Crippen molar-refractivity contribution in [3.8, 4) is 0 Å². The number of esters is 1. The number of halogens is 1. The summed E-state index contributed by atoms with van der Waals surface area (Å²) in [6, 6.07) is 6.60. The van der Waals surface area contributed by atoms with E-state index in [1.54, 1.807) is 31.2 Å². The number of nitrogens with one attached hydrogen (secondary N) is 1. The van der Waals surface area contributed by atoms with Crippen LogP contribution in [0.15, 0.2) is 34.5 Å². The highest BCUT2D eigenvalue weighted by atomic mass is 35.5. The Balaban J connectivity index is 1.91. The normalized spacial score (nSPS) is 11.3. The van der Waals surface area contributed by atoms with E-state index < -0.39 is 0 Å². The van der Waals surface area contributed by atoms with Crippen LogP contribution in [0.1, 0.15) is 49.9 Å². The van der Waals surface area contributed by atoms with Crippen LogP contribution in [-0.4, -0.2) is 59.5 Å². The second-order valence-corrected chi connectivity index (χ2v) is 7.97. The third-order valence-electron chi connectivity index (χ3n) is 5.11. The van der Waals surface area contributed by atoms with E-state index in [0.29, 0.717) is 41.8 Å². The van der Waals surface area contributed by atoms with Crippen molar-refractivity contribution in [3.05, 3.63) is 29.8 Å². The van der Waals surface area contributed by atoms with Crippen molar-refractivity contribution in [1.29, 1.82) is 0 Å². The zero-order valence-corrected chi connectivity index (χ0v) is 20.7. The summed E-state index contributed by atoms with van der Waals surface area (Å²) in [4.78, 5) is 22.4. The fraction of sp³-hybridized carbons (Fsp3) is 0.522. The number of nitrogen functional groups attached to an aromatic ring is 2. The Hall–Kier alpha value is -2.98. The first kappa shape index (κ1) is 27.3. The van der Waals surface area contributed by atoms with Crippen LogP contribution in [0.4, 0.5) is 29.0 Å². The van der Waals surface area contributed by atoms with E-state index in [2.05, 4.69) is 37.3 Å². The van der Waals surface area contributed by atoms with E-state index in [0.717, 1.165) is 45.3 Å². The fourth-order valence-electron chi connectivity index (χ4n) is 3.27. The minimum atomic E-state index is -0.383. The maximum absolute atomic E-state index is 11.8. The molecule has 0 fully saturated rings. The number of carbonyl (C=O) groups is 1. The van der Waals surface area contributed by atoms with Crippen LogP contribution in [0.2, 0.25) is 0 Å². The summed E-state index contributed by atoms with van der Waals surface area (Å²) >= 11 is 5.83. The van der Waals surface area contributed by atoms with Gasteiger partial charge in [0.1, 0.15) is 0 Å². The molecule has 0 amide bonds. The molecule has 0 saturated heterocycles. The maximum atomic E-state index is 11.8. The molecule has 11 heteroatoms. The molecule has 34 heavy (non-hydrogen) atoms. The molecule has 2 rings (SSSR count). The minimum Gasteiger partial charge on any atom is -0.462 e. The van der Waals surface area contributed by atoms with Gasteiger partial charge in [0.05, 0.1) is 17.9 Å². The molecule has 0 aliphatic heterocycles. The van der Waals surface area contributed by atoms with Crippen LogP contribution < -0.4 is 16.8 Å². The van der Waals surface area contributed by atoms with Crippen LogP contribution in [-0.2, 0) is 4.74 Å². The summed E-state index contributed by atoms with van der Waals surface area (Å²) in [6.45, 7) is 7.96. The number of hydrogen-bond donors (Lipinski definition) is 3. The standard InChI is InChI=1S/C23H35ClN8O2/c1-3-32(16-13-24)15-8-6-5-7-14-27-21-19(20(25)28-23(26)29-21)31-30-18-11-9-17(10-12-18)22(33)34-4-2/h9-12H,3-8,13-16H2,1-2H3,(H5,25,26,27,28,29). The monoisotopic (exact) mass is 490 g/mol. The Labute approximate surface area is 206 Å². The quantitative estimate of drug-likeness (QED) is 0.140. The molecule has 0 spiro atoms. The summed E-state index contributed by atoms with van der Waals surface area (Å²) in [5, 5.41) is 11.7. The average molecular weight is 491 g/mol. The van der Waals surface area contributed by atoms with Gasteiger partial charge in [0.15, 0.2) is 17.3 Å². The predicted octanol–water partition coefficient (Wildman–Crippen LogP) is 4.77. The first-order valence-corrected chi connectivity index (χ1v) is 12.2. The predicted molar refractivity (Wildman–Crippen MR) is 137 cm³/mol. The van der Waals surface area contributed by atoms with E-state index in [4.69, 9.17) is 27.8 Å². The van der Waals surface area contributed by atoms with Gasteiger partial charge in [0.2, 0.25) is 5.95 Å². The second-order valence-electron chi connectivity index (χ2n) is 7.60. The van der Waals surface area contributed by atoms with E-state index in [1.807, 2.05) is 0 Å². The van der Waals surface area contributed by atoms with Crippen molar-refractivity contribution in [2.45, 2.75) is 39.5 Å². The molecule has 1 aromatic carbocycles. The summed E-state index contributed by atoms with van der Waals surface area (Å²) < 4.78 is 4.98. The van der Waals surface area contributed by atoms with Gasteiger partial charge in [-0.15, -0.1) is 16.7 Å². The number of azo groups is 1.